The number of hydrogen-bond donors (Lipinski definition) is 0. The van der Waals surface area contributed by atoms with Gasteiger partial charge < -0.3 is 4.89 Å². The van der Waals surface area contributed by atoms with Gasteiger partial charge in [-0.15, -0.1) is 0 Å². The van der Waals surface area contributed by atoms with E-state index < -0.39 is 5.60 Å². The van der Waals surface area contributed by atoms with Crippen molar-refractivity contribution in [1.29, 1.82) is 0 Å². The van der Waals surface area contributed by atoms with Crippen LogP contribution in [0.5, 0.6) is 5.75 Å². The van der Waals surface area contributed by atoms with Gasteiger partial charge in [-0.05, 0) is 30.2 Å². The fourth-order valence-electron chi connectivity index (χ4n) is 2.38. The number of hydrogen-bond acceptors (Lipinski definition) is 2. The number of benzene rings is 3. The molecule has 0 N–H and O–H groups in total. The van der Waals surface area contributed by atoms with E-state index >= 15 is 0 Å². The van der Waals surface area contributed by atoms with Crippen molar-refractivity contribution in [3.8, 4) is 5.75 Å². The lowest BCUT2D eigenvalue weighted by molar-refractivity contribution is -0.277. The lowest BCUT2D eigenvalue weighted by Gasteiger charge is -2.29. The second-order valence-corrected chi connectivity index (χ2v) is 5.25. The highest BCUT2D eigenvalue weighted by molar-refractivity contribution is 5.35. The summed E-state index contributed by atoms with van der Waals surface area (Å²) in [7, 11) is 0. The molecule has 0 aliphatic heterocycles. The minimum absolute atomic E-state index is 0.681. The van der Waals surface area contributed by atoms with E-state index in [0.29, 0.717) is 5.75 Å². The molecule has 0 heterocycles. The lowest BCUT2D eigenvalue weighted by atomic mass is 9.88. The van der Waals surface area contributed by atoms with Crippen LogP contribution in [0.25, 0.3) is 0 Å². The summed E-state index contributed by atoms with van der Waals surface area (Å²) in [6, 6.07) is 29.7. The zero-order valence-electron chi connectivity index (χ0n) is 12.5. The molecular weight excluding hydrogens is 272 g/mol. The van der Waals surface area contributed by atoms with Crippen molar-refractivity contribution in [1.82, 2.24) is 0 Å². The monoisotopic (exact) mass is 290 g/mol. The Morgan fingerprint density at radius 2 is 1.00 bits per heavy atom. The lowest BCUT2D eigenvalue weighted by Crippen LogP contribution is -2.29. The van der Waals surface area contributed by atoms with Crippen molar-refractivity contribution in [2.75, 3.05) is 0 Å². The Labute approximate surface area is 130 Å². The Hall–Kier alpha value is -2.58. The fourth-order valence-corrected chi connectivity index (χ4v) is 2.38. The van der Waals surface area contributed by atoms with Gasteiger partial charge in [0, 0.05) is 0 Å². The first kappa shape index (κ1) is 14.4. The largest absolute Gasteiger partial charge is 0.336 e. The summed E-state index contributed by atoms with van der Waals surface area (Å²) in [4.78, 5) is 11.5. The van der Waals surface area contributed by atoms with Gasteiger partial charge in [-0.3, -0.25) is 0 Å². The third-order valence-corrected chi connectivity index (χ3v) is 3.70. The maximum atomic E-state index is 5.89. The predicted octanol–water partition coefficient (Wildman–Crippen LogP) is 4.96. The molecule has 3 aromatic rings. The van der Waals surface area contributed by atoms with Crippen molar-refractivity contribution in [2.45, 2.75) is 12.5 Å². The van der Waals surface area contributed by atoms with Gasteiger partial charge in [0.05, 0.1) is 0 Å². The highest BCUT2D eigenvalue weighted by Crippen LogP contribution is 2.33. The highest BCUT2D eigenvalue weighted by Gasteiger charge is 2.32. The first-order chi connectivity index (χ1) is 10.8. The zero-order chi connectivity index (χ0) is 15.3. The van der Waals surface area contributed by atoms with Crippen LogP contribution in [0, 0.1) is 0 Å². The van der Waals surface area contributed by atoms with Crippen LogP contribution in [-0.2, 0) is 10.5 Å². The maximum absolute atomic E-state index is 5.89. The summed E-state index contributed by atoms with van der Waals surface area (Å²) in [6.45, 7) is 2.01. The molecule has 0 bridgehead atoms. The highest BCUT2D eigenvalue weighted by atomic mass is 17.2. The first-order valence-electron chi connectivity index (χ1n) is 7.31. The first-order valence-corrected chi connectivity index (χ1v) is 7.31. The summed E-state index contributed by atoms with van der Waals surface area (Å²) >= 11 is 0. The smallest absolute Gasteiger partial charge is 0.165 e. The molecular formula is C20H18O2. The third-order valence-electron chi connectivity index (χ3n) is 3.70. The second-order valence-electron chi connectivity index (χ2n) is 5.25. The summed E-state index contributed by atoms with van der Waals surface area (Å²) in [6.07, 6.45) is 0. The van der Waals surface area contributed by atoms with Crippen LogP contribution in [0.1, 0.15) is 18.1 Å². The topological polar surface area (TPSA) is 18.5 Å². The summed E-state index contributed by atoms with van der Waals surface area (Å²) < 4.78 is 0. The molecule has 2 heteroatoms. The molecule has 0 spiro atoms. The van der Waals surface area contributed by atoms with Gasteiger partial charge in [0.1, 0.15) is 0 Å². The van der Waals surface area contributed by atoms with Crippen molar-refractivity contribution in [3.05, 3.63) is 102 Å². The molecule has 0 aliphatic carbocycles. The molecule has 2 nitrogen and oxygen atoms in total. The molecule has 22 heavy (non-hydrogen) atoms. The Bertz CT molecular complexity index is 654. The molecule has 0 saturated heterocycles. The van der Waals surface area contributed by atoms with E-state index in [0.717, 1.165) is 11.1 Å². The molecule has 0 aromatic heterocycles. The van der Waals surface area contributed by atoms with Crippen molar-refractivity contribution >= 4 is 0 Å². The quantitative estimate of drug-likeness (QED) is 0.488. The second kappa shape index (κ2) is 6.46. The van der Waals surface area contributed by atoms with Gasteiger partial charge in [0.25, 0.3) is 0 Å². The number of para-hydroxylation sites is 1. The molecule has 0 amide bonds. The molecule has 0 radical (unpaired) electrons. The minimum Gasteiger partial charge on any atom is -0.336 e. The van der Waals surface area contributed by atoms with E-state index in [-0.39, 0.29) is 0 Å². The average Bonchev–Trinajstić information content (AvgIpc) is 2.62. The Kier molecular flexibility index (Phi) is 4.22. The Morgan fingerprint density at radius 1 is 0.591 bits per heavy atom. The van der Waals surface area contributed by atoms with Crippen LogP contribution >= 0.6 is 0 Å². The van der Waals surface area contributed by atoms with Crippen molar-refractivity contribution in [3.63, 3.8) is 0 Å². The van der Waals surface area contributed by atoms with Gasteiger partial charge in [-0.25, -0.2) is 0 Å². The van der Waals surface area contributed by atoms with Gasteiger partial charge in [0.15, 0.2) is 11.4 Å². The van der Waals surface area contributed by atoms with Crippen molar-refractivity contribution in [2.24, 2.45) is 0 Å². The minimum atomic E-state index is -0.682. The van der Waals surface area contributed by atoms with Gasteiger partial charge >= 0.3 is 0 Å². The van der Waals surface area contributed by atoms with Crippen LogP contribution in [0.3, 0.4) is 0 Å². The van der Waals surface area contributed by atoms with Crippen LogP contribution in [0.2, 0.25) is 0 Å². The van der Waals surface area contributed by atoms with E-state index in [1.807, 2.05) is 97.9 Å². The average molecular weight is 290 g/mol. The molecule has 3 aromatic carbocycles. The van der Waals surface area contributed by atoms with E-state index in [4.69, 9.17) is 9.78 Å². The zero-order valence-corrected chi connectivity index (χ0v) is 12.5. The summed E-state index contributed by atoms with van der Waals surface area (Å²) in [5.74, 6) is 0.681. The molecule has 0 unspecified atom stereocenters. The molecule has 0 atom stereocenters. The number of rotatable bonds is 5. The molecule has 0 saturated carbocycles. The van der Waals surface area contributed by atoms with Crippen LogP contribution in [0.4, 0.5) is 0 Å². The van der Waals surface area contributed by atoms with E-state index in [1.54, 1.807) is 0 Å². The Morgan fingerprint density at radius 3 is 1.45 bits per heavy atom. The van der Waals surface area contributed by atoms with Crippen molar-refractivity contribution < 1.29 is 9.78 Å². The maximum Gasteiger partial charge on any atom is 0.165 e. The molecule has 3 rings (SSSR count). The van der Waals surface area contributed by atoms with Gasteiger partial charge in [0.2, 0.25) is 0 Å². The fraction of sp³-hybridized carbons (Fsp3) is 0.100. The molecule has 110 valence electrons. The van der Waals surface area contributed by atoms with Gasteiger partial charge in [-0.2, -0.15) is 4.89 Å². The molecule has 0 aliphatic rings. The van der Waals surface area contributed by atoms with Crippen LogP contribution in [-0.4, -0.2) is 0 Å². The normalized spacial score (nSPS) is 11.1. The predicted molar refractivity (Wildman–Crippen MR) is 87.5 cm³/mol. The third kappa shape index (κ3) is 3.02. The van der Waals surface area contributed by atoms with E-state index in [1.165, 1.54) is 0 Å². The van der Waals surface area contributed by atoms with Gasteiger partial charge in [-0.1, -0.05) is 78.9 Å². The van der Waals surface area contributed by atoms with E-state index in [9.17, 15) is 0 Å². The summed E-state index contributed by atoms with van der Waals surface area (Å²) in [5.41, 5.74) is 1.40. The SMILES string of the molecule is CC(OOc1ccccc1)(c1ccccc1)c1ccccc1. The van der Waals surface area contributed by atoms with E-state index in [2.05, 4.69) is 0 Å². The standard InChI is InChI=1S/C20H18O2/c1-20(17-11-5-2-6-12-17,18-13-7-3-8-14-18)22-21-19-15-9-4-10-16-19/h2-16H,1H3. The summed E-state index contributed by atoms with van der Waals surface area (Å²) in [5, 5.41) is 0. The molecule has 0 fully saturated rings. The van der Waals surface area contributed by atoms with Crippen LogP contribution < -0.4 is 4.89 Å². The van der Waals surface area contributed by atoms with Crippen LogP contribution in [0.15, 0.2) is 91.0 Å². The Balaban J connectivity index is 1.93.